The average Bonchev–Trinajstić information content (AvgIpc) is 3.12. The molecule has 2 N–H and O–H groups in total. The second-order valence-electron chi connectivity index (χ2n) is 6.02. The average molecular weight is 382 g/mol. The Balaban J connectivity index is 1.95. The summed E-state index contributed by atoms with van der Waals surface area (Å²) >= 11 is 0. The van der Waals surface area contributed by atoms with E-state index in [-0.39, 0.29) is 17.4 Å². The first-order chi connectivity index (χ1) is 13.6. The van der Waals surface area contributed by atoms with Gasteiger partial charge in [0.25, 0.3) is 11.8 Å². The van der Waals surface area contributed by atoms with Crippen molar-refractivity contribution >= 4 is 23.0 Å². The molecule has 0 spiro atoms. The lowest BCUT2D eigenvalue weighted by Gasteiger charge is -2.11. The molecule has 28 heavy (non-hydrogen) atoms. The molecule has 0 aliphatic rings. The number of imidazole rings is 1. The van der Waals surface area contributed by atoms with Gasteiger partial charge in [-0.1, -0.05) is 13.0 Å². The van der Waals surface area contributed by atoms with Crippen LogP contribution in [-0.4, -0.2) is 42.0 Å². The van der Waals surface area contributed by atoms with Crippen molar-refractivity contribution < 1.29 is 19.1 Å². The highest BCUT2D eigenvalue weighted by Crippen LogP contribution is 2.29. The molecule has 3 aromatic rings. The monoisotopic (exact) mass is 382 g/mol. The molecule has 0 aliphatic heterocycles. The van der Waals surface area contributed by atoms with Crippen molar-refractivity contribution in [2.75, 3.05) is 26.1 Å². The molecule has 146 valence electrons. The van der Waals surface area contributed by atoms with Crippen molar-refractivity contribution in [3.8, 4) is 11.5 Å². The molecule has 0 radical (unpaired) electrons. The lowest BCUT2D eigenvalue weighted by atomic mass is 10.2. The maximum absolute atomic E-state index is 12.9. The minimum Gasteiger partial charge on any atom is -0.497 e. The van der Waals surface area contributed by atoms with Crippen LogP contribution in [0.2, 0.25) is 0 Å². The summed E-state index contributed by atoms with van der Waals surface area (Å²) < 4.78 is 12.1. The standard InChI is InChI=1S/C20H22N4O4/c1-4-10-21-20(26)18-23-17(15-7-5-6-11-24(15)18)19(25)22-14-9-8-13(27-2)12-16(14)28-3/h5-9,11-12H,4,10H2,1-3H3,(H,21,26)(H,22,25). The predicted octanol–water partition coefficient (Wildman–Crippen LogP) is 2.74. The third-order valence-electron chi connectivity index (χ3n) is 4.16. The third-order valence-corrected chi connectivity index (χ3v) is 4.16. The van der Waals surface area contributed by atoms with Crippen LogP contribution < -0.4 is 20.1 Å². The van der Waals surface area contributed by atoms with Gasteiger partial charge in [-0.3, -0.25) is 14.0 Å². The highest BCUT2D eigenvalue weighted by molar-refractivity contribution is 6.09. The predicted molar refractivity (Wildman–Crippen MR) is 105 cm³/mol. The summed E-state index contributed by atoms with van der Waals surface area (Å²) in [5.41, 5.74) is 1.16. The Morgan fingerprint density at radius 1 is 1.11 bits per heavy atom. The van der Waals surface area contributed by atoms with Crippen LogP contribution in [0.5, 0.6) is 11.5 Å². The fourth-order valence-electron chi connectivity index (χ4n) is 2.77. The molecule has 0 saturated heterocycles. The maximum atomic E-state index is 12.9. The zero-order valence-electron chi connectivity index (χ0n) is 16.0. The molecule has 2 aromatic heterocycles. The van der Waals surface area contributed by atoms with E-state index in [1.165, 1.54) is 7.11 Å². The molecule has 0 aliphatic carbocycles. The van der Waals surface area contributed by atoms with Gasteiger partial charge in [0.15, 0.2) is 5.69 Å². The number of fused-ring (bicyclic) bond motifs is 1. The summed E-state index contributed by atoms with van der Waals surface area (Å²) in [5, 5.41) is 5.58. The third kappa shape index (κ3) is 3.75. The maximum Gasteiger partial charge on any atom is 0.287 e. The van der Waals surface area contributed by atoms with E-state index in [1.54, 1.807) is 54.1 Å². The topological polar surface area (TPSA) is 94.0 Å². The number of benzene rings is 1. The van der Waals surface area contributed by atoms with Gasteiger partial charge in [-0.05, 0) is 30.7 Å². The van der Waals surface area contributed by atoms with Crippen molar-refractivity contribution in [2.24, 2.45) is 0 Å². The number of carbonyl (C=O) groups is 2. The van der Waals surface area contributed by atoms with Crippen molar-refractivity contribution in [1.29, 1.82) is 0 Å². The number of nitrogens with zero attached hydrogens (tertiary/aromatic N) is 2. The van der Waals surface area contributed by atoms with Gasteiger partial charge >= 0.3 is 0 Å². The molecule has 0 unspecified atom stereocenters. The van der Waals surface area contributed by atoms with Crippen LogP contribution >= 0.6 is 0 Å². The van der Waals surface area contributed by atoms with Gasteiger partial charge in [0, 0.05) is 18.8 Å². The number of hydrogen-bond acceptors (Lipinski definition) is 5. The summed E-state index contributed by atoms with van der Waals surface area (Å²) in [6.07, 6.45) is 2.51. The molecule has 8 heteroatoms. The highest BCUT2D eigenvalue weighted by Gasteiger charge is 2.22. The minimum absolute atomic E-state index is 0.153. The molecule has 2 amide bonds. The van der Waals surface area contributed by atoms with E-state index in [4.69, 9.17) is 9.47 Å². The summed E-state index contributed by atoms with van der Waals surface area (Å²) in [4.78, 5) is 29.6. The molecule has 0 saturated carbocycles. The molecular formula is C20H22N4O4. The van der Waals surface area contributed by atoms with E-state index in [2.05, 4.69) is 15.6 Å². The van der Waals surface area contributed by atoms with Crippen molar-refractivity contribution in [1.82, 2.24) is 14.7 Å². The molecular weight excluding hydrogens is 360 g/mol. The fourth-order valence-corrected chi connectivity index (χ4v) is 2.77. The van der Waals surface area contributed by atoms with Crippen LogP contribution in [0.25, 0.3) is 5.52 Å². The first-order valence-corrected chi connectivity index (χ1v) is 8.87. The van der Waals surface area contributed by atoms with E-state index in [0.29, 0.717) is 29.2 Å². The van der Waals surface area contributed by atoms with Crippen LogP contribution in [0.1, 0.15) is 34.5 Å². The number of amides is 2. The number of nitrogens with one attached hydrogen (secondary N) is 2. The Hall–Kier alpha value is -3.55. The number of anilines is 1. The van der Waals surface area contributed by atoms with Gasteiger partial charge in [-0.25, -0.2) is 4.98 Å². The van der Waals surface area contributed by atoms with Gasteiger partial charge in [0.05, 0.1) is 25.4 Å². The van der Waals surface area contributed by atoms with Crippen LogP contribution in [0.3, 0.4) is 0 Å². The van der Waals surface area contributed by atoms with E-state index in [9.17, 15) is 9.59 Å². The number of hydrogen-bond donors (Lipinski definition) is 2. The SMILES string of the molecule is CCCNC(=O)c1nc(C(=O)Nc2ccc(OC)cc2OC)c2ccccn12. The van der Waals surface area contributed by atoms with Gasteiger partial charge in [-0.15, -0.1) is 0 Å². The Labute approximate surface area is 162 Å². The summed E-state index contributed by atoms with van der Waals surface area (Å²) in [7, 11) is 3.06. The Kier molecular flexibility index (Phi) is 5.78. The van der Waals surface area contributed by atoms with Gasteiger partial charge in [-0.2, -0.15) is 0 Å². The van der Waals surface area contributed by atoms with Crippen molar-refractivity contribution in [3.63, 3.8) is 0 Å². The Bertz CT molecular complexity index is 1010. The van der Waals surface area contributed by atoms with Gasteiger partial charge in [0.2, 0.25) is 5.82 Å². The molecule has 3 rings (SSSR count). The number of pyridine rings is 1. The molecule has 2 heterocycles. The molecule has 0 bridgehead atoms. The number of rotatable bonds is 7. The second-order valence-corrected chi connectivity index (χ2v) is 6.02. The number of carbonyl (C=O) groups excluding carboxylic acids is 2. The largest absolute Gasteiger partial charge is 0.497 e. The first kappa shape index (κ1) is 19.2. The smallest absolute Gasteiger partial charge is 0.287 e. The van der Waals surface area contributed by atoms with E-state index in [1.807, 2.05) is 6.92 Å². The van der Waals surface area contributed by atoms with E-state index >= 15 is 0 Å². The summed E-state index contributed by atoms with van der Waals surface area (Å²) in [6.45, 7) is 2.50. The Morgan fingerprint density at radius 2 is 1.93 bits per heavy atom. The minimum atomic E-state index is -0.443. The van der Waals surface area contributed by atoms with Crippen molar-refractivity contribution in [3.05, 3.63) is 54.1 Å². The van der Waals surface area contributed by atoms with Crippen LogP contribution in [0.15, 0.2) is 42.6 Å². The highest BCUT2D eigenvalue weighted by atomic mass is 16.5. The zero-order valence-corrected chi connectivity index (χ0v) is 16.0. The van der Waals surface area contributed by atoms with E-state index < -0.39 is 5.91 Å². The quantitative estimate of drug-likeness (QED) is 0.655. The van der Waals surface area contributed by atoms with Crippen LogP contribution in [0.4, 0.5) is 5.69 Å². The fraction of sp³-hybridized carbons (Fsp3) is 0.250. The van der Waals surface area contributed by atoms with Crippen molar-refractivity contribution in [2.45, 2.75) is 13.3 Å². The molecule has 1 aromatic carbocycles. The normalized spacial score (nSPS) is 10.5. The van der Waals surface area contributed by atoms with Crippen LogP contribution in [-0.2, 0) is 0 Å². The second kappa shape index (κ2) is 8.43. The molecule has 0 atom stereocenters. The zero-order chi connectivity index (χ0) is 20.1. The number of ether oxygens (including phenoxy) is 2. The summed E-state index contributed by atoms with van der Waals surface area (Å²) in [5.74, 6) is 0.455. The van der Waals surface area contributed by atoms with E-state index in [0.717, 1.165) is 6.42 Å². The number of aromatic nitrogens is 2. The molecule has 0 fully saturated rings. The van der Waals surface area contributed by atoms with Crippen LogP contribution in [0, 0.1) is 0 Å². The number of methoxy groups -OCH3 is 2. The van der Waals surface area contributed by atoms with Gasteiger partial charge in [0.1, 0.15) is 11.5 Å². The van der Waals surface area contributed by atoms with Gasteiger partial charge < -0.3 is 20.1 Å². The lowest BCUT2D eigenvalue weighted by Crippen LogP contribution is -2.26. The summed E-state index contributed by atoms with van der Waals surface area (Å²) in [6, 6.07) is 10.4. The first-order valence-electron chi connectivity index (χ1n) is 8.87. The lowest BCUT2D eigenvalue weighted by molar-refractivity contribution is 0.0942. The Morgan fingerprint density at radius 3 is 2.64 bits per heavy atom. The molecule has 8 nitrogen and oxygen atoms in total.